The van der Waals surface area contributed by atoms with Crippen LogP contribution in [0.4, 0.5) is 0 Å². The van der Waals surface area contributed by atoms with Crippen molar-refractivity contribution in [2.45, 2.75) is 18.9 Å². The fourth-order valence-corrected chi connectivity index (χ4v) is 1.44. The SMILES string of the molecule is N[C@H](C(=O)CO)C1CCOCC1. The summed E-state index contributed by atoms with van der Waals surface area (Å²) in [7, 11) is 0. The minimum atomic E-state index is -0.501. The fourth-order valence-electron chi connectivity index (χ4n) is 1.44. The fraction of sp³-hybridized carbons (Fsp3) is 0.875. The molecule has 0 aliphatic carbocycles. The Morgan fingerprint density at radius 1 is 1.58 bits per heavy atom. The van der Waals surface area contributed by atoms with Crippen LogP contribution in [0.5, 0.6) is 0 Å². The number of rotatable bonds is 3. The quantitative estimate of drug-likeness (QED) is 0.592. The normalized spacial score (nSPS) is 22.2. The van der Waals surface area contributed by atoms with Gasteiger partial charge in [0.25, 0.3) is 0 Å². The van der Waals surface area contributed by atoms with Crippen LogP contribution in [0, 0.1) is 5.92 Å². The number of nitrogens with two attached hydrogens (primary N) is 1. The molecule has 4 heteroatoms. The van der Waals surface area contributed by atoms with Crippen molar-refractivity contribution in [3.63, 3.8) is 0 Å². The van der Waals surface area contributed by atoms with E-state index in [0.717, 1.165) is 12.8 Å². The summed E-state index contributed by atoms with van der Waals surface area (Å²) in [5.74, 6) is -0.0692. The number of ether oxygens (including phenoxy) is 1. The lowest BCUT2D eigenvalue weighted by molar-refractivity contribution is -0.124. The highest BCUT2D eigenvalue weighted by Gasteiger charge is 2.25. The van der Waals surface area contributed by atoms with Gasteiger partial charge in [-0.1, -0.05) is 0 Å². The predicted molar refractivity (Wildman–Crippen MR) is 43.6 cm³/mol. The third kappa shape index (κ3) is 2.27. The molecule has 3 N–H and O–H groups in total. The van der Waals surface area contributed by atoms with Gasteiger partial charge in [0.2, 0.25) is 0 Å². The highest BCUT2D eigenvalue weighted by Crippen LogP contribution is 2.17. The zero-order valence-corrected chi connectivity index (χ0v) is 7.03. The van der Waals surface area contributed by atoms with Crippen molar-refractivity contribution >= 4 is 5.78 Å². The van der Waals surface area contributed by atoms with Crippen molar-refractivity contribution in [1.82, 2.24) is 0 Å². The Balaban J connectivity index is 2.39. The first-order valence-electron chi connectivity index (χ1n) is 4.22. The van der Waals surface area contributed by atoms with E-state index in [1.54, 1.807) is 0 Å². The van der Waals surface area contributed by atoms with Crippen LogP contribution in [0.1, 0.15) is 12.8 Å². The van der Waals surface area contributed by atoms with Crippen molar-refractivity contribution < 1.29 is 14.6 Å². The van der Waals surface area contributed by atoms with E-state index in [-0.39, 0.29) is 11.7 Å². The molecule has 12 heavy (non-hydrogen) atoms. The summed E-state index contributed by atoms with van der Waals surface area (Å²) in [5, 5.41) is 8.58. The predicted octanol–water partition coefficient (Wildman–Crippen LogP) is -0.698. The maximum absolute atomic E-state index is 11.0. The van der Waals surface area contributed by atoms with Gasteiger partial charge in [0.1, 0.15) is 6.61 Å². The monoisotopic (exact) mass is 173 g/mol. The van der Waals surface area contributed by atoms with E-state index in [1.807, 2.05) is 0 Å². The topological polar surface area (TPSA) is 72.6 Å². The van der Waals surface area contributed by atoms with Gasteiger partial charge >= 0.3 is 0 Å². The van der Waals surface area contributed by atoms with Gasteiger partial charge in [-0.3, -0.25) is 4.79 Å². The molecule has 1 saturated heterocycles. The maximum Gasteiger partial charge on any atom is 0.175 e. The second-order valence-electron chi connectivity index (χ2n) is 3.10. The number of hydrogen-bond acceptors (Lipinski definition) is 4. The van der Waals surface area contributed by atoms with Crippen LogP contribution >= 0.6 is 0 Å². The number of ketones is 1. The largest absolute Gasteiger partial charge is 0.389 e. The third-order valence-electron chi connectivity index (χ3n) is 2.30. The van der Waals surface area contributed by atoms with Crippen LogP contribution in [0.2, 0.25) is 0 Å². The number of hydrogen-bond donors (Lipinski definition) is 2. The lowest BCUT2D eigenvalue weighted by atomic mass is 9.90. The summed E-state index contributed by atoms with van der Waals surface area (Å²) in [6.45, 7) is 0.909. The van der Waals surface area contributed by atoms with Gasteiger partial charge < -0.3 is 15.6 Å². The van der Waals surface area contributed by atoms with Gasteiger partial charge in [0.15, 0.2) is 5.78 Å². The average molecular weight is 173 g/mol. The first-order valence-corrected chi connectivity index (χ1v) is 4.22. The molecule has 0 spiro atoms. The van der Waals surface area contributed by atoms with Gasteiger partial charge in [-0.15, -0.1) is 0 Å². The first kappa shape index (κ1) is 9.64. The van der Waals surface area contributed by atoms with Crippen molar-refractivity contribution in [3.8, 4) is 0 Å². The lowest BCUT2D eigenvalue weighted by Crippen LogP contribution is -2.42. The zero-order chi connectivity index (χ0) is 8.97. The van der Waals surface area contributed by atoms with Gasteiger partial charge in [0, 0.05) is 13.2 Å². The summed E-state index contributed by atoms with van der Waals surface area (Å²) in [4.78, 5) is 11.0. The van der Waals surface area contributed by atoms with E-state index < -0.39 is 12.6 Å². The lowest BCUT2D eigenvalue weighted by Gasteiger charge is -2.26. The maximum atomic E-state index is 11.0. The van der Waals surface area contributed by atoms with Gasteiger partial charge in [0.05, 0.1) is 6.04 Å². The number of aliphatic hydroxyl groups is 1. The Kier molecular flexibility index (Phi) is 3.65. The second kappa shape index (κ2) is 4.54. The third-order valence-corrected chi connectivity index (χ3v) is 2.30. The summed E-state index contributed by atoms with van der Waals surface area (Å²) in [6, 6.07) is -0.501. The Hall–Kier alpha value is -0.450. The molecule has 1 rings (SSSR count). The molecule has 1 atom stereocenters. The summed E-state index contributed by atoms with van der Waals surface area (Å²) in [6.07, 6.45) is 1.65. The van der Waals surface area contributed by atoms with E-state index in [9.17, 15) is 4.79 Å². The second-order valence-corrected chi connectivity index (χ2v) is 3.10. The number of carbonyl (C=O) groups is 1. The van der Waals surface area contributed by atoms with E-state index in [2.05, 4.69) is 0 Å². The van der Waals surface area contributed by atoms with Crippen LogP contribution in [-0.2, 0) is 9.53 Å². The summed E-state index contributed by atoms with van der Waals surface area (Å²) < 4.78 is 5.13. The number of aliphatic hydroxyl groups excluding tert-OH is 1. The number of carbonyl (C=O) groups excluding carboxylic acids is 1. The molecule has 1 fully saturated rings. The molecular formula is C8H15NO3. The smallest absolute Gasteiger partial charge is 0.175 e. The Bertz CT molecular complexity index is 154. The van der Waals surface area contributed by atoms with E-state index in [4.69, 9.17) is 15.6 Å². The highest BCUT2D eigenvalue weighted by atomic mass is 16.5. The first-order chi connectivity index (χ1) is 5.75. The molecule has 0 aromatic heterocycles. The van der Waals surface area contributed by atoms with Crippen molar-refractivity contribution in [2.75, 3.05) is 19.8 Å². The molecule has 0 saturated carbocycles. The van der Waals surface area contributed by atoms with Crippen molar-refractivity contribution in [2.24, 2.45) is 11.7 Å². The molecular weight excluding hydrogens is 158 g/mol. The van der Waals surface area contributed by atoms with Gasteiger partial charge in [-0.05, 0) is 18.8 Å². The number of Topliss-reactive ketones (excluding diaryl/α,β-unsaturated/α-hetero) is 1. The molecule has 4 nitrogen and oxygen atoms in total. The molecule has 0 aromatic rings. The van der Waals surface area contributed by atoms with Gasteiger partial charge in [-0.25, -0.2) is 0 Å². The van der Waals surface area contributed by atoms with Crippen LogP contribution in [-0.4, -0.2) is 36.8 Å². The molecule has 70 valence electrons. The minimum absolute atomic E-state index is 0.193. The molecule has 1 aliphatic rings. The van der Waals surface area contributed by atoms with Crippen LogP contribution < -0.4 is 5.73 Å². The molecule has 0 radical (unpaired) electrons. The molecule has 0 amide bonds. The molecule has 1 heterocycles. The zero-order valence-electron chi connectivity index (χ0n) is 7.03. The summed E-state index contributed by atoms with van der Waals surface area (Å²) in [5.41, 5.74) is 5.64. The molecule has 0 aromatic carbocycles. The standard InChI is InChI=1S/C8H15NO3/c9-8(7(11)5-10)6-1-3-12-4-2-6/h6,8,10H,1-5,9H2/t8-/m0/s1. The van der Waals surface area contributed by atoms with Crippen molar-refractivity contribution in [1.29, 1.82) is 0 Å². The van der Waals surface area contributed by atoms with E-state index in [0.29, 0.717) is 13.2 Å². The van der Waals surface area contributed by atoms with Crippen LogP contribution in [0.25, 0.3) is 0 Å². The van der Waals surface area contributed by atoms with Crippen LogP contribution in [0.15, 0.2) is 0 Å². The Morgan fingerprint density at radius 2 is 2.17 bits per heavy atom. The Labute approximate surface area is 71.7 Å². The minimum Gasteiger partial charge on any atom is -0.389 e. The summed E-state index contributed by atoms with van der Waals surface area (Å²) >= 11 is 0. The van der Waals surface area contributed by atoms with Gasteiger partial charge in [-0.2, -0.15) is 0 Å². The van der Waals surface area contributed by atoms with Crippen molar-refractivity contribution in [3.05, 3.63) is 0 Å². The van der Waals surface area contributed by atoms with Crippen LogP contribution in [0.3, 0.4) is 0 Å². The highest BCUT2D eigenvalue weighted by molar-refractivity contribution is 5.85. The molecule has 1 aliphatic heterocycles. The average Bonchev–Trinajstić information content (AvgIpc) is 2.17. The molecule has 0 bridgehead atoms. The van der Waals surface area contributed by atoms with E-state index in [1.165, 1.54) is 0 Å². The Morgan fingerprint density at radius 3 is 2.67 bits per heavy atom. The van der Waals surface area contributed by atoms with E-state index >= 15 is 0 Å². The molecule has 0 unspecified atom stereocenters.